The lowest BCUT2D eigenvalue weighted by atomic mass is 9.93. The van der Waals surface area contributed by atoms with E-state index in [1.807, 2.05) is 36.6 Å². The summed E-state index contributed by atoms with van der Waals surface area (Å²) in [5.41, 5.74) is 10.6. The topological polar surface area (TPSA) is 115 Å². The molecule has 1 aromatic carbocycles. The van der Waals surface area contributed by atoms with Gasteiger partial charge in [0.05, 0.1) is 12.2 Å². The predicted molar refractivity (Wildman–Crippen MR) is 123 cm³/mol. The fraction of sp³-hybridized carbons (Fsp3) is 0.500. The summed E-state index contributed by atoms with van der Waals surface area (Å²) < 4.78 is 17.6. The lowest BCUT2D eigenvalue weighted by Crippen LogP contribution is -2.17. The van der Waals surface area contributed by atoms with Crippen molar-refractivity contribution in [1.82, 2.24) is 4.57 Å². The van der Waals surface area contributed by atoms with E-state index < -0.39 is 13.7 Å². The number of phosphoric ester groups is 1. The third kappa shape index (κ3) is 6.43. The van der Waals surface area contributed by atoms with Crippen LogP contribution < -0.4 is 5.73 Å². The molecule has 0 aliphatic heterocycles. The number of aromatic nitrogens is 1. The van der Waals surface area contributed by atoms with Crippen LogP contribution in [0.1, 0.15) is 72.8 Å². The Morgan fingerprint density at radius 3 is 2.52 bits per heavy atom. The van der Waals surface area contributed by atoms with Crippen LogP contribution in [0.4, 0.5) is 0 Å². The Labute approximate surface area is 188 Å². The SMILES string of the molecule is CCCCC(C)c1c(C(N)=O)c(-c2ccc(C)c(Cl)c2)c(C)n1CCCOP(=O)(O)O. The number of hydrogen-bond acceptors (Lipinski definition) is 3. The first kappa shape index (κ1) is 25.6. The number of nitrogens with two attached hydrogens (primary N) is 1. The van der Waals surface area contributed by atoms with E-state index in [9.17, 15) is 9.36 Å². The van der Waals surface area contributed by atoms with Gasteiger partial charge in [-0.25, -0.2) is 4.57 Å². The number of phosphoric acid groups is 1. The number of halogens is 1. The Bertz CT molecular complexity index is 983. The first-order valence-corrected chi connectivity index (χ1v) is 12.4. The van der Waals surface area contributed by atoms with Crippen LogP contribution in [0, 0.1) is 13.8 Å². The summed E-state index contributed by atoms with van der Waals surface area (Å²) in [5, 5.41) is 0.607. The maximum Gasteiger partial charge on any atom is 0.469 e. The van der Waals surface area contributed by atoms with Gasteiger partial charge in [0.25, 0.3) is 5.91 Å². The third-order valence-corrected chi connectivity index (χ3v) is 6.44. The summed E-state index contributed by atoms with van der Waals surface area (Å²) >= 11 is 6.36. The second kappa shape index (κ2) is 10.8. The van der Waals surface area contributed by atoms with Crippen molar-refractivity contribution in [2.45, 2.75) is 65.8 Å². The van der Waals surface area contributed by atoms with Crippen molar-refractivity contribution in [3.8, 4) is 11.1 Å². The van der Waals surface area contributed by atoms with Crippen LogP contribution in [0.25, 0.3) is 11.1 Å². The average molecular weight is 471 g/mol. The van der Waals surface area contributed by atoms with Gasteiger partial charge >= 0.3 is 7.82 Å². The highest BCUT2D eigenvalue weighted by Gasteiger charge is 2.28. The van der Waals surface area contributed by atoms with Crippen molar-refractivity contribution >= 4 is 25.3 Å². The molecule has 0 spiro atoms. The van der Waals surface area contributed by atoms with Crippen LogP contribution in [0.3, 0.4) is 0 Å². The van der Waals surface area contributed by atoms with Gasteiger partial charge in [0.2, 0.25) is 0 Å². The first-order chi connectivity index (χ1) is 14.5. The lowest BCUT2D eigenvalue weighted by Gasteiger charge is -2.18. The van der Waals surface area contributed by atoms with Crippen LogP contribution in [0.15, 0.2) is 18.2 Å². The number of nitrogens with zero attached hydrogens (tertiary/aromatic N) is 1. The van der Waals surface area contributed by atoms with Gasteiger partial charge in [0.15, 0.2) is 0 Å². The molecule has 9 heteroatoms. The molecular formula is C22H32ClN2O5P. The van der Waals surface area contributed by atoms with E-state index in [1.165, 1.54) is 0 Å². The van der Waals surface area contributed by atoms with Crippen molar-refractivity contribution < 1.29 is 23.7 Å². The summed E-state index contributed by atoms with van der Waals surface area (Å²) in [4.78, 5) is 30.5. The van der Waals surface area contributed by atoms with E-state index in [0.717, 1.165) is 47.3 Å². The number of aryl methyl sites for hydroxylation is 1. The number of unbranched alkanes of at least 4 members (excludes halogenated alkanes) is 1. The Hall–Kier alpha value is -1.63. The number of hydrogen-bond donors (Lipinski definition) is 3. The molecule has 172 valence electrons. The monoisotopic (exact) mass is 470 g/mol. The normalized spacial score (nSPS) is 12.9. The number of carbonyl (C=O) groups excluding carboxylic acids is 1. The second-order valence-corrected chi connectivity index (χ2v) is 9.57. The Morgan fingerprint density at radius 1 is 1.29 bits per heavy atom. The van der Waals surface area contributed by atoms with Gasteiger partial charge in [-0.2, -0.15) is 0 Å². The van der Waals surface area contributed by atoms with Crippen molar-refractivity contribution in [2.24, 2.45) is 5.73 Å². The molecule has 31 heavy (non-hydrogen) atoms. The van der Waals surface area contributed by atoms with Gasteiger partial charge in [-0.05, 0) is 49.8 Å². The van der Waals surface area contributed by atoms with Crippen LogP contribution >= 0.6 is 19.4 Å². The summed E-state index contributed by atoms with van der Waals surface area (Å²) in [6, 6.07) is 5.68. The van der Waals surface area contributed by atoms with E-state index in [-0.39, 0.29) is 12.5 Å². The predicted octanol–water partition coefficient (Wildman–Crippen LogP) is 5.32. The van der Waals surface area contributed by atoms with Crippen LogP contribution in [0.5, 0.6) is 0 Å². The zero-order valence-electron chi connectivity index (χ0n) is 18.5. The standard InChI is InChI=1S/C22H32ClN2O5P/c1-5-6-8-15(3)21-20(22(24)26)19(17-10-9-14(2)18(23)13-17)16(4)25(21)11-7-12-30-31(27,28)29/h9-10,13,15H,5-8,11-12H2,1-4H3,(H2,24,26)(H2,27,28,29). The molecule has 0 fully saturated rings. The average Bonchev–Trinajstić information content (AvgIpc) is 2.97. The smallest absolute Gasteiger partial charge is 0.366 e. The molecule has 4 N–H and O–H groups in total. The molecule has 0 radical (unpaired) electrons. The van der Waals surface area contributed by atoms with Crippen molar-refractivity contribution in [2.75, 3.05) is 6.61 Å². The highest BCUT2D eigenvalue weighted by molar-refractivity contribution is 7.46. The van der Waals surface area contributed by atoms with Gasteiger partial charge in [0, 0.05) is 28.5 Å². The zero-order valence-corrected chi connectivity index (χ0v) is 20.2. The number of rotatable bonds is 11. The van der Waals surface area contributed by atoms with E-state index in [4.69, 9.17) is 27.1 Å². The highest BCUT2D eigenvalue weighted by atomic mass is 35.5. The Kier molecular flexibility index (Phi) is 8.92. The van der Waals surface area contributed by atoms with Crippen molar-refractivity contribution in [3.05, 3.63) is 45.7 Å². The molecule has 1 aromatic heterocycles. The fourth-order valence-corrected chi connectivity index (χ4v) is 4.51. The summed E-state index contributed by atoms with van der Waals surface area (Å²) in [6.45, 7) is 8.38. The van der Waals surface area contributed by atoms with Gasteiger partial charge < -0.3 is 20.1 Å². The van der Waals surface area contributed by atoms with E-state index >= 15 is 0 Å². The summed E-state index contributed by atoms with van der Waals surface area (Å²) in [7, 11) is -4.52. The zero-order chi connectivity index (χ0) is 23.3. The maximum absolute atomic E-state index is 12.6. The van der Waals surface area contributed by atoms with Crippen molar-refractivity contribution in [1.29, 1.82) is 0 Å². The summed E-state index contributed by atoms with van der Waals surface area (Å²) in [6.07, 6.45) is 3.32. The highest BCUT2D eigenvalue weighted by Crippen LogP contribution is 2.39. The molecule has 7 nitrogen and oxygen atoms in total. The van der Waals surface area contributed by atoms with Gasteiger partial charge in [-0.3, -0.25) is 9.32 Å². The van der Waals surface area contributed by atoms with Crippen LogP contribution in [-0.4, -0.2) is 26.9 Å². The number of benzene rings is 1. The molecule has 0 aliphatic rings. The minimum atomic E-state index is -4.52. The molecule has 1 atom stereocenters. The van der Waals surface area contributed by atoms with E-state index in [2.05, 4.69) is 18.4 Å². The fourth-order valence-electron chi connectivity index (χ4n) is 3.96. The van der Waals surface area contributed by atoms with Crippen LogP contribution in [0.2, 0.25) is 5.02 Å². The Balaban J connectivity index is 2.59. The molecule has 2 aromatic rings. The molecule has 1 amide bonds. The number of carbonyl (C=O) groups is 1. The van der Waals surface area contributed by atoms with E-state index in [1.54, 1.807) is 0 Å². The van der Waals surface area contributed by atoms with Gasteiger partial charge in [-0.15, -0.1) is 0 Å². The molecule has 2 rings (SSSR count). The second-order valence-electron chi connectivity index (χ2n) is 7.92. The molecule has 0 saturated heterocycles. The lowest BCUT2D eigenvalue weighted by molar-refractivity contribution is 0.0999. The summed E-state index contributed by atoms with van der Waals surface area (Å²) in [5.74, 6) is -0.420. The molecule has 1 heterocycles. The molecular weight excluding hydrogens is 439 g/mol. The number of primary amides is 1. The Morgan fingerprint density at radius 2 is 1.97 bits per heavy atom. The molecule has 0 bridgehead atoms. The molecule has 1 unspecified atom stereocenters. The van der Waals surface area contributed by atoms with Crippen molar-refractivity contribution in [3.63, 3.8) is 0 Å². The van der Waals surface area contributed by atoms with Gasteiger partial charge in [-0.1, -0.05) is 50.4 Å². The minimum Gasteiger partial charge on any atom is -0.366 e. The molecule has 0 saturated carbocycles. The minimum absolute atomic E-state index is 0.0820. The molecule has 0 aliphatic carbocycles. The van der Waals surface area contributed by atoms with Crippen LogP contribution in [-0.2, 0) is 15.6 Å². The third-order valence-electron chi connectivity index (χ3n) is 5.51. The maximum atomic E-state index is 12.6. The largest absolute Gasteiger partial charge is 0.469 e. The first-order valence-electron chi connectivity index (χ1n) is 10.5. The van der Waals surface area contributed by atoms with Gasteiger partial charge in [0.1, 0.15) is 0 Å². The van der Waals surface area contributed by atoms with E-state index in [0.29, 0.717) is 23.6 Å². The quantitative estimate of drug-likeness (QED) is 0.304. The number of amides is 1.